The fourth-order valence-electron chi connectivity index (χ4n) is 2.73. The molecule has 0 spiro atoms. The highest BCUT2D eigenvalue weighted by Gasteiger charge is 2.23. The van der Waals surface area contributed by atoms with Crippen LogP contribution in [0.15, 0.2) is 12.7 Å². The summed E-state index contributed by atoms with van der Waals surface area (Å²) in [7, 11) is 0. The molecule has 1 aliphatic heterocycles. The zero-order chi connectivity index (χ0) is 11.8. The van der Waals surface area contributed by atoms with Crippen molar-refractivity contribution in [1.29, 1.82) is 0 Å². The lowest BCUT2D eigenvalue weighted by molar-refractivity contribution is 0.141. The number of hydrogen-bond donors (Lipinski definition) is 1. The van der Waals surface area contributed by atoms with E-state index in [4.69, 9.17) is 0 Å². The minimum atomic E-state index is 0.656. The van der Waals surface area contributed by atoms with Crippen LogP contribution in [-0.4, -0.2) is 36.6 Å². The van der Waals surface area contributed by atoms with Crippen molar-refractivity contribution in [3.8, 4) is 0 Å². The number of nitrogens with zero attached hydrogens (tertiary/aromatic N) is 1. The van der Waals surface area contributed by atoms with Crippen LogP contribution in [-0.2, 0) is 0 Å². The lowest BCUT2D eigenvalue weighted by atomic mass is 10.1. The maximum atomic E-state index is 3.74. The average molecular weight is 224 g/mol. The van der Waals surface area contributed by atoms with Gasteiger partial charge in [0, 0.05) is 25.2 Å². The van der Waals surface area contributed by atoms with Gasteiger partial charge >= 0.3 is 0 Å². The van der Waals surface area contributed by atoms with E-state index in [1.807, 2.05) is 6.08 Å². The van der Waals surface area contributed by atoms with Gasteiger partial charge in [-0.05, 0) is 32.7 Å². The predicted octanol–water partition coefficient (Wildman–Crippen LogP) is 2.81. The molecule has 2 atom stereocenters. The highest BCUT2D eigenvalue weighted by molar-refractivity contribution is 4.81. The summed E-state index contributed by atoms with van der Waals surface area (Å²) >= 11 is 0. The van der Waals surface area contributed by atoms with E-state index in [0.717, 1.165) is 19.1 Å². The zero-order valence-corrected chi connectivity index (χ0v) is 11.0. The molecule has 1 fully saturated rings. The Kier molecular flexibility index (Phi) is 6.74. The molecule has 1 heterocycles. The highest BCUT2D eigenvalue weighted by Crippen LogP contribution is 2.21. The summed E-state index contributed by atoms with van der Waals surface area (Å²) in [5.41, 5.74) is 0. The quantitative estimate of drug-likeness (QED) is 0.551. The van der Waals surface area contributed by atoms with Crippen LogP contribution in [0.25, 0.3) is 0 Å². The maximum Gasteiger partial charge on any atom is 0.0195 e. The van der Waals surface area contributed by atoms with Crippen molar-refractivity contribution < 1.29 is 0 Å². The van der Waals surface area contributed by atoms with Crippen LogP contribution in [0, 0.1) is 0 Å². The lowest BCUT2D eigenvalue weighted by Gasteiger charge is -2.34. The Hall–Kier alpha value is -0.340. The van der Waals surface area contributed by atoms with E-state index >= 15 is 0 Å². The molecular weight excluding hydrogens is 196 g/mol. The second kappa shape index (κ2) is 7.86. The van der Waals surface area contributed by atoms with Gasteiger partial charge in [0.2, 0.25) is 0 Å². The van der Waals surface area contributed by atoms with Crippen molar-refractivity contribution >= 4 is 0 Å². The van der Waals surface area contributed by atoms with E-state index in [9.17, 15) is 0 Å². The first kappa shape index (κ1) is 13.7. The van der Waals surface area contributed by atoms with E-state index in [2.05, 4.69) is 30.6 Å². The van der Waals surface area contributed by atoms with Crippen molar-refractivity contribution in [3.05, 3.63) is 12.7 Å². The van der Waals surface area contributed by atoms with Gasteiger partial charge in [-0.25, -0.2) is 0 Å². The number of hydrogen-bond acceptors (Lipinski definition) is 2. The summed E-state index contributed by atoms with van der Waals surface area (Å²) in [4.78, 5) is 2.71. The molecule has 2 heteroatoms. The number of nitrogens with one attached hydrogen (secondary N) is 1. The Morgan fingerprint density at radius 3 is 2.94 bits per heavy atom. The minimum Gasteiger partial charge on any atom is -0.312 e. The third-order valence-corrected chi connectivity index (χ3v) is 3.69. The lowest BCUT2D eigenvalue weighted by Crippen LogP contribution is -2.46. The Morgan fingerprint density at radius 1 is 1.44 bits per heavy atom. The molecule has 0 aromatic heterocycles. The number of likely N-dealkylation sites (tertiary alicyclic amines) is 1. The second-order valence-corrected chi connectivity index (χ2v) is 4.95. The largest absolute Gasteiger partial charge is 0.312 e. The SMILES string of the molecule is C=CCNCC(C)N1CCCCCC1CC. The standard InChI is InChI=1S/C14H28N2/c1-4-10-15-12-13(3)16-11-8-6-7-9-14(16)5-2/h4,13-15H,1,5-12H2,2-3H3. The fourth-order valence-corrected chi connectivity index (χ4v) is 2.73. The Morgan fingerprint density at radius 2 is 2.25 bits per heavy atom. The van der Waals surface area contributed by atoms with Gasteiger partial charge in [-0.3, -0.25) is 4.90 Å². The molecule has 1 saturated heterocycles. The molecule has 0 radical (unpaired) electrons. The number of rotatable bonds is 6. The first-order valence-corrected chi connectivity index (χ1v) is 6.87. The second-order valence-electron chi connectivity index (χ2n) is 4.95. The maximum absolute atomic E-state index is 3.74. The Labute approximate surface area is 101 Å². The first-order valence-electron chi connectivity index (χ1n) is 6.87. The molecule has 1 N–H and O–H groups in total. The Bertz CT molecular complexity index is 191. The summed E-state index contributed by atoms with van der Waals surface area (Å²) in [6, 6.07) is 1.46. The van der Waals surface area contributed by atoms with Gasteiger partial charge in [-0.15, -0.1) is 6.58 Å². The molecule has 0 saturated carbocycles. The molecule has 0 bridgehead atoms. The molecule has 0 amide bonds. The van der Waals surface area contributed by atoms with E-state index in [-0.39, 0.29) is 0 Å². The summed E-state index contributed by atoms with van der Waals surface area (Å²) in [6.07, 6.45) is 8.84. The van der Waals surface area contributed by atoms with Crippen molar-refractivity contribution in [2.45, 2.75) is 58.0 Å². The third-order valence-electron chi connectivity index (χ3n) is 3.69. The van der Waals surface area contributed by atoms with E-state index in [0.29, 0.717) is 6.04 Å². The van der Waals surface area contributed by atoms with Gasteiger partial charge in [-0.2, -0.15) is 0 Å². The first-order chi connectivity index (χ1) is 7.79. The molecule has 94 valence electrons. The summed E-state index contributed by atoms with van der Waals surface area (Å²) in [5.74, 6) is 0. The molecule has 1 rings (SSSR count). The van der Waals surface area contributed by atoms with Crippen molar-refractivity contribution in [1.82, 2.24) is 10.2 Å². The van der Waals surface area contributed by atoms with Gasteiger partial charge in [0.15, 0.2) is 0 Å². The predicted molar refractivity (Wildman–Crippen MR) is 71.8 cm³/mol. The highest BCUT2D eigenvalue weighted by atomic mass is 15.2. The molecule has 0 aromatic rings. The topological polar surface area (TPSA) is 15.3 Å². The summed E-state index contributed by atoms with van der Waals surface area (Å²) in [5, 5.41) is 3.44. The molecule has 0 aromatic carbocycles. The van der Waals surface area contributed by atoms with Crippen LogP contribution in [0.4, 0.5) is 0 Å². The molecule has 1 aliphatic rings. The fraction of sp³-hybridized carbons (Fsp3) is 0.857. The van der Waals surface area contributed by atoms with Gasteiger partial charge < -0.3 is 5.32 Å². The zero-order valence-electron chi connectivity index (χ0n) is 11.0. The molecular formula is C14H28N2. The molecule has 2 nitrogen and oxygen atoms in total. The summed E-state index contributed by atoms with van der Waals surface area (Å²) in [6.45, 7) is 11.7. The minimum absolute atomic E-state index is 0.656. The average Bonchev–Trinajstić information content (AvgIpc) is 2.54. The van der Waals surface area contributed by atoms with Crippen LogP contribution in [0.2, 0.25) is 0 Å². The van der Waals surface area contributed by atoms with E-state index in [1.54, 1.807) is 0 Å². The smallest absolute Gasteiger partial charge is 0.0195 e. The van der Waals surface area contributed by atoms with Gasteiger partial charge in [0.05, 0.1) is 0 Å². The third kappa shape index (κ3) is 4.26. The normalized spacial score (nSPS) is 25.0. The van der Waals surface area contributed by atoms with Crippen LogP contribution in [0.1, 0.15) is 46.0 Å². The summed E-state index contributed by atoms with van der Waals surface area (Å²) < 4.78 is 0. The Balaban J connectivity index is 2.42. The van der Waals surface area contributed by atoms with Crippen LogP contribution < -0.4 is 5.32 Å². The van der Waals surface area contributed by atoms with Crippen molar-refractivity contribution in [3.63, 3.8) is 0 Å². The molecule has 0 aliphatic carbocycles. The molecule has 2 unspecified atom stereocenters. The van der Waals surface area contributed by atoms with Crippen LogP contribution in [0.3, 0.4) is 0 Å². The van der Waals surface area contributed by atoms with Gasteiger partial charge in [0.25, 0.3) is 0 Å². The van der Waals surface area contributed by atoms with Gasteiger partial charge in [-0.1, -0.05) is 25.8 Å². The van der Waals surface area contributed by atoms with Gasteiger partial charge in [0.1, 0.15) is 0 Å². The monoisotopic (exact) mass is 224 g/mol. The van der Waals surface area contributed by atoms with Crippen LogP contribution >= 0.6 is 0 Å². The van der Waals surface area contributed by atoms with Crippen molar-refractivity contribution in [2.75, 3.05) is 19.6 Å². The molecule has 16 heavy (non-hydrogen) atoms. The van der Waals surface area contributed by atoms with Crippen molar-refractivity contribution in [2.24, 2.45) is 0 Å². The van der Waals surface area contributed by atoms with Crippen LogP contribution in [0.5, 0.6) is 0 Å². The van der Waals surface area contributed by atoms with E-state index < -0.39 is 0 Å². The van der Waals surface area contributed by atoms with E-state index in [1.165, 1.54) is 38.6 Å².